The number of nitrogens with two attached hydrogens (primary N) is 1. The van der Waals surface area contributed by atoms with Crippen LogP contribution < -0.4 is 11.1 Å². The van der Waals surface area contributed by atoms with Crippen LogP contribution in [0, 0.1) is 11.6 Å². The van der Waals surface area contributed by atoms with Gasteiger partial charge in [-0.15, -0.1) is 0 Å². The Morgan fingerprint density at radius 3 is 2.56 bits per heavy atom. The van der Waals surface area contributed by atoms with Crippen molar-refractivity contribution in [3.8, 4) is 0 Å². The molecule has 0 unspecified atom stereocenters. The van der Waals surface area contributed by atoms with Crippen LogP contribution in [0.2, 0.25) is 0 Å². The molecule has 0 amide bonds. The number of benzene rings is 1. The summed E-state index contributed by atoms with van der Waals surface area (Å²) in [6, 6.07) is 4.04. The summed E-state index contributed by atoms with van der Waals surface area (Å²) >= 11 is 0. The number of aromatic nitrogens is 2. The highest BCUT2D eigenvalue weighted by Gasteiger charge is 2.09. The molecule has 0 saturated heterocycles. The van der Waals surface area contributed by atoms with Crippen molar-refractivity contribution in [3.63, 3.8) is 0 Å². The number of anilines is 2. The van der Waals surface area contributed by atoms with Gasteiger partial charge in [0.1, 0.15) is 5.69 Å². The van der Waals surface area contributed by atoms with E-state index in [0.29, 0.717) is 13.0 Å². The van der Waals surface area contributed by atoms with Gasteiger partial charge in [-0.25, -0.2) is 8.78 Å². The molecule has 0 bridgehead atoms. The van der Waals surface area contributed by atoms with Crippen LogP contribution in [0.3, 0.4) is 0 Å². The number of nitrogen functional groups attached to an aromatic ring is 1. The van der Waals surface area contributed by atoms with Gasteiger partial charge in [0.15, 0.2) is 11.6 Å². The Hall–Kier alpha value is -2.11. The van der Waals surface area contributed by atoms with Gasteiger partial charge in [0.2, 0.25) is 0 Å². The van der Waals surface area contributed by atoms with Crippen molar-refractivity contribution in [1.82, 2.24) is 9.78 Å². The van der Waals surface area contributed by atoms with E-state index in [9.17, 15) is 8.78 Å². The normalized spacial score (nSPS) is 10.6. The summed E-state index contributed by atoms with van der Waals surface area (Å²) in [5.41, 5.74) is 6.24. The molecule has 0 atom stereocenters. The van der Waals surface area contributed by atoms with E-state index in [0.717, 1.165) is 17.8 Å². The van der Waals surface area contributed by atoms with Crippen molar-refractivity contribution in [3.05, 3.63) is 41.7 Å². The SMILES string of the molecule is Cn1nccc1CCNc1c(F)cc(N)cc1F. The predicted molar refractivity (Wildman–Crippen MR) is 66.2 cm³/mol. The second-order valence-electron chi connectivity index (χ2n) is 3.98. The van der Waals surface area contributed by atoms with E-state index in [1.807, 2.05) is 13.1 Å². The average molecular weight is 252 g/mol. The lowest BCUT2D eigenvalue weighted by atomic mass is 10.2. The Bertz CT molecular complexity index is 528. The molecule has 0 aliphatic heterocycles. The number of hydrogen-bond donors (Lipinski definition) is 2. The van der Waals surface area contributed by atoms with Crippen LogP contribution in [-0.2, 0) is 13.5 Å². The fourth-order valence-electron chi connectivity index (χ4n) is 1.72. The molecule has 3 N–H and O–H groups in total. The number of aryl methyl sites for hydroxylation is 1. The maximum atomic E-state index is 13.5. The minimum absolute atomic E-state index is 0.0715. The minimum atomic E-state index is -0.683. The van der Waals surface area contributed by atoms with Gasteiger partial charge in [0, 0.05) is 37.6 Å². The first kappa shape index (κ1) is 12.3. The van der Waals surface area contributed by atoms with Crippen LogP contribution in [0.4, 0.5) is 20.2 Å². The van der Waals surface area contributed by atoms with Crippen molar-refractivity contribution in [2.45, 2.75) is 6.42 Å². The van der Waals surface area contributed by atoms with Crippen LogP contribution >= 0.6 is 0 Å². The van der Waals surface area contributed by atoms with E-state index >= 15 is 0 Å². The van der Waals surface area contributed by atoms with Gasteiger partial charge in [-0.05, 0) is 18.2 Å². The maximum absolute atomic E-state index is 13.5. The van der Waals surface area contributed by atoms with Gasteiger partial charge in [0.25, 0.3) is 0 Å². The second-order valence-corrected chi connectivity index (χ2v) is 3.98. The summed E-state index contributed by atoms with van der Waals surface area (Å²) in [5, 5.41) is 6.74. The molecule has 0 aliphatic carbocycles. The third kappa shape index (κ3) is 2.58. The number of nitrogens with one attached hydrogen (secondary N) is 1. The number of nitrogens with zero attached hydrogens (tertiary/aromatic N) is 2. The van der Waals surface area contributed by atoms with Gasteiger partial charge < -0.3 is 11.1 Å². The Balaban J connectivity index is 2.01. The summed E-state index contributed by atoms with van der Waals surface area (Å²) in [4.78, 5) is 0. The van der Waals surface area contributed by atoms with E-state index in [1.54, 1.807) is 10.9 Å². The molecule has 4 nitrogen and oxygen atoms in total. The molecule has 2 rings (SSSR count). The molecule has 0 radical (unpaired) electrons. The Kier molecular flexibility index (Phi) is 3.45. The monoisotopic (exact) mass is 252 g/mol. The van der Waals surface area contributed by atoms with E-state index in [-0.39, 0.29) is 11.4 Å². The van der Waals surface area contributed by atoms with E-state index in [2.05, 4.69) is 10.4 Å². The summed E-state index contributed by atoms with van der Waals surface area (Å²) in [7, 11) is 1.82. The van der Waals surface area contributed by atoms with E-state index in [4.69, 9.17) is 5.73 Å². The standard InChI is InChI=1S/C12H14F2N4/c1-18-9(3-5-17-18)2-4-16-12-10(13)6-8(15)7-11(12)14/h3,5-7,16H,2,4,15H2,1H3. The first-order valence-corrected chi connectivity index (χ1v) is 5.53. The van der Waals surface area contributed by atoms with Crippen LogP contribution in [-0.4, -0.2) is 16.3 Å². The summed E-state index contributed by atoms with van der Waals surface area (Å²) < 4.78 is 28.6. The number of rotatable bonds is 4. The highest BCUT2D eigenvalue weighted by atomic mass is 19.1. The molecule has 18 heavy (non-hydrogen) atoms. The molecule has 0 aliphatic rings. The van der Waals surface area contributed by atoms with Crippen molar-refractivity contribution in [1.29, 1.82) is 0 Å². The maximum Gasteiger partial charge on any atom is 0.151 e. The van der Waals surface area contributed by atoms with Gasteiger partial charge in [0.05, 0.1) is 0 Å². The molecular formula is C12H14F2N4. The zero-order valence-corrected chi connectivity index (χ0v) is 9.95. The van der Waals surface area contributed by atoms with E-state index in [1.165, 1.54) is 0 Å². The Morgan fingerprint density at radius 1 is 1.33 bits per heavy atom. The van der Waals surface area contributed by atoms with Gasteiger partial charge in [-0.3, -0.25) is 4.68 Å². The second kappa shape index (κ2) is 5.03. The first-order valence-electron chi connectivity index (χ1n) is 5.53. The lowest BCUT2D eigenvalue weighted by Crippen LogP contribution is -2.10. The molecule has 0 saturated carbocycles. The highest BCUT2D eigenvalue weighted by molar-refractivity contribution is 5.54. The molecule has 0 spiro atoms. The smallest absolute Gasteiger partial charge is 0.151 e. The van der Waals surface area contributed by atoms with Crippen molar-refractivity contribution in [2.75, 3.05) is 17.6 Å². The molecule has 1 aromatic carbocycles. The van der Waals surface area contributed by atoms with Gasteiger partial charge >= 0.3 is 0 Å². The summed E-state index contributed by atoms with van der Waals surface area (Å²) in [5.74, 6) is -1.37. The molecule has 0 fully saturated rings. The minimum Gasteiger partial charge on any atom is -0.399 e. The van der Waals surface area contributed by atoms with E-state index < -0.39 is 11.6 Å². The quantitative estimate of drug-likeness (QED) is 0.817. The van der Waals surface area contributed by atoms with Crippen LogP contribution in [0.25, 0.3) is 0 Å². The van der Waals surface area contributed by atoms with Crippen molar-refractivity contribution < 1.29 is 8.78 Å². The number of hydrogen-bond acceptors (Lipinski definition) is 3. The summed E-state index contributed by atoms with van der Waals surface area (Å²) in [6.45, 7) is 0.414. The lowest BCUT2D eigenvalue weighted by molar-refractivity contribution is 0.588. The van der Waals surface area contributed by atoms with Crippen LogP contribution in [0.15, 0.2) is 24.4 Å². The Labute approximate surface area is 103 Å². The van der Waals surface area contributed by atoms with Crippen molar-refractivity contribution in [2.24, 2.45) is 7.05 Å². The lowest BCUT2D eigenvalue weighted by Gasteiger charge is -2.09. The topological polar surface area (TPSA) is 55.9 Å². The third-order valence-electron chi connectivity index (χ3n) is 2.67. The van der Waals surface area contributed by atoms with Crippen LogP contribution in [0.1, 0.15) is 5.69 Å². The average Bonchev–Trinajstić information content (AvgIpc) is 2.68. The zero-order chi connectivity index (χ0) is 13.1. The fraction of sp³-hybridized carbons (Fsp3) is 0.250. The zero-order valence-electron chi connectivity index (χ0n) is 9.95. The van der Waals surface area contributed by atoms with Gasteiger partial charge in [-0.2, -0.15) is 5.10 Å². The third-order valence-corrected chi connectivity index (χ3v) is 2.67. The van der Waals surface area contributed by atoms with Crippen molar-refractivity contribution >= 4 is 11.4 Å². The molecular weight excluding hydrogens is 238 g/mol. The van der Waals surface area contributed by atoms with Gasteiger partial charge in [-0.1, -0.05) is 0 Å². The van der Waals surface area contributed by atoms with Crippen LogP contribution in [0.5, 0.6) is 0 Å². The molecule has 1 aromatic heterocycles. The first-order chi connectivity index (χ1) is 8.58. The molecule has 1 heterocycles. The Morgan fingerprint density at radius 2 is 2.00 bits per heavy atom. The number of halogens is 2. The largest absolute Gasteiger partial charge is 0.399 e. The fourth-order valence-corrected chi connectivity index (χ4v) is 1.72. The molecule has 96 valence electrons. The highest BCUT2D eigenvalue weighted by Crippen LogP contribution is 2.21. The molecule has 2 aromatic rings. The molecule has 6 heteroatoms. The summed E-state index contributed by atoms with van der Waals surface area (Å²) in [6.07, 6.45) is 2.31. The predicted octanol–water partition coefficient (Wildman–Crippen LogP) is 1.94.